The minimum absolute atomic E-state index is 0.226. The summed E-state index contributed by atoms with van der Waals surface area (Å²) in [5.74, 6) is -0.934. The quantitative estimate of drug-likeness (QED) is 0.485. The summed E-state index contributed by atoms with van der Waals surface area (Å²) in [5, 5.41) is 8.22. The summed E-state index contributed by atoms with van der Waals surface area (Å²) in [4.78, 5) is 12.0. The Hall–Kier alpha value is -0.650. The number of hydrogen-bond acceptors (Lipinski definition) is 4. The van der Waals surface area contributed by atoms with Gasteiger partial charge < -0.3 is 20.5 Å². The summed E-state index contributed by atoms with van der Waals surface area (Å²) in [7, 11) is 1.91. The number of carboxylic acid groups (broad SMARTS) is 1. The van der Waals surface area contributed by atoms with Crippen LogP contribution in [0.15, 0.2) is 0 Å². The van der Waals surface area contributed by atoms with Crippen LogP contribution in [0.3, 0.4) is 0 Å². The lowest BCUT2D eigenvalue weighted by molar-refractivity contribution is -0.142. The number of nitrogens with two attached hydrogens (primary N) is 1. The lowest BCUT2D eigenvalue weighted by Gasteiger charge is -2.14. The fourth-order valence-electron chi connectivity index (χ4n) is 0.712. The van der Waals surface area contributed by atoms with E-state index in [1.54, 1.807) is 0 Å². The molecule has 0 spiro atoms. The lowest BCUT2D eigenvalue weighted by Crippen LogP contribution is -2.29. The molecule has 0 bridgehead atoms. The standard InChI is InChI=1S/C7H16N2O3/c1-9(3-2-8)4-5-12-6-7(10)11/h2-6,8H2,1H3,(H,10,11). The highest BCUT2D eigenvalue weighted by Crippen LogP contribution is 1.81. The van der Waals surface area contributed by atoms with Crippen molar-refractivity contribution >= 4 is 5.97 Å². The minimum atomic E-state index is -0.934. The molecule has 72 valence electrons. The van der Waals surface area contributed by atoms with E-state index < -0.39 is 5.97 Å². The molecule has 0 aromatic rings. The lowest BCUT2D eigenvalue weighted by atomic mass is 10.5. The monoisotopic (exact) mass is 176 g/mol. The van der Waals surface area contributed by atoms with Crippen molar-refractivity contribution in [2.75, 3.05) is 39.9 Å². The van der Waals surface area contributed by atoms with Crippen LogP contribution in [0.25, 0.3) is 0 Å². The Morgan fingerprint density at radius 1 is 1.58 bits per heavy atom. The summed E-state index contributed by atoms with van der Waals surface area (Å²) < 4.78 is 4.83. The van der Waals surface area contributed by atoms with Crippen molar-refractivity contribution in [1.29, 1.82) is 0 Å². The molecular weight excluding hydrogens is 160 g/mol. The van der Waals surface area contributed by atoms with Gasteiger partial charge in [0, 0.05) is 19.6 Å². The van der Waals surface area contributed by atoms with Crippen LogP contribution in [-0.4, -0.2) is 55.9 Å². The van der Waals surface area contributed by atoms with Gasteiger partial charge in [-0.25, -0.2) is 4.79 Å². The van der Waals surface area contributed by atoms with E-state index >= 15 is 0 Å². The first-order chi connectivity index (χ1) is 5.66. The van der Waals surface area contributed by atoms with Crippen molar-refractivity contribution in [1.82, 2.24) is 4.90 Å². The molecule has 0 aliphatic carbocycles. The highest BCUT2D eigenvalue weighted by molar-refractivity contribution is 5.67. The van der Waals surface area contributed by atoms with Gasteiger partial charge in [-0.15, -0.1) is 0 Å². The number of nitrogens with zero attached hydrogens (tertiary/aromatic N) is 1. The van der Waals surface area contributed by atoms with Crippen molar-refractivity contribution in [3.05, 3.63) is 0 Å². The summed E-state index contributed by atoms with van der Waals surface area (Å²) in [5.41, 5.74) is 5.31. The third-order valence-electron chi connectivity index (χ3n) is 1.35. The minimum Gasteiger partial charge on any atom is -0.480 e. The zero-order valence-corrected chi connectivity index (χ0v) is 7.32. The normalized spacial score (nSPS) is 10.6. The number of carboxylic acids is 1. The predicted molar refractivity (Wildman–Crippen MR) is 45.0 cm³/mol. The zero-order chi connectivity index (χ0) is 9.40. The SMILES string of the molecule is CN(CCN)CCOCC(=O)O. The van der Waals surface area contributed by atoms with Crippen LogP contribution < -0.4 is 5.73 Å². The second-order valence-electron chi connectivity index (χ2n) is 2.54. The highest BCUT2D eigenvalue weighted by Gasteiger charge is 1.98. The Morgan fingerprint density at radius 3 is 2.75 bits per heavy atom. The summed E-state index contributed by atoms with van der Waals surface area (Å²) in [6.45, 7) is 2.33. The van der Waals surface area contributed by atoms with Gasteiger partial charge in [-0.1, -0.05) is 0 Å². The number of rotatable bonds is 7. The summed E-state index contributed by atoms with van der Waals surface area (Å²) in [6, 6.07) is 0. The first kappa shape index (κ1) is 11.4. The Bertz CT molecular complexity index is 130. The van der Waals surface area contributed by atoms with E-state index in [1.807, 2.05) is 11.9 Å². The molecule has 0 aromatic heterocycles. The number of likely N-dealkylation sites (N-methyl/N-ethyl adjacent to an activating group) is 1. The molecule has 0 aliphatic heterocycles. The van der Waals surface area contributed by atoms with Crippen LogP contribution in [0.2, 0.25) is 0 Å². The van der Waals surface area contributed by atoms with Crippen molar-refractivity contribution in [3.8, 4) is 0 Å². The predicted octanol–water partition coefficient (Wildman–Crippen LogP) is -1.02. The van der Waals surface area contributed by atoms with E-state index in [0.717, 1.165) is 6.54 Å². The Balaban J connectivity index is 3.13. The van der Waals surface area contributed by atoms with E-state index in [0.29, 0.717) is 19.7 Å². The molecule has 5 heteroatoms. The molecule has 0 rings (SSSR count). The zero-order valence-electron chi connectivity index (χ0n) is 7.32. The Kier molecular flexibility index (Phi) is 6.64. The highest BCUT2D eigenvalue weighted by atomic mass is 16.5. The smallest absolute Gasteiger partial charge is 0.329 e. The Labute approximate surface area is 72.1 Å². The summed E-state index contributed by atoms with van der Waals surface area (Å²) in [6.07, 6.45) is 0. The van der Waals surface area contributed by atoms with E-state index in [-0.39, 0.29) is 6.61 Å². The number of carbonyl (C=O) groups is 1. The van der Waals surface area contributed by atoms with Gasteiger partial charge in [-0.05, 0) is 7.05 Å². The maximum Gasteiger partial charge on any atom is 0.329 e. The van der Waals surface area contributed by atoms with Gasteiger partial charge in [0.1, 0.15) is 6.61 Å². The van der Waals surface area contributed by atoms with Crippen LogP contribution in [0, 0.1) is 0 Å². The number of ether oxygens (including phenoxy) is 1. The molecule has 0 aromatic carbocycles. The van der Waals surface area contributed by atoms with Crippen LogP contribution >= 0.6 is 0 Å². The molecule has 12 heavy (non-hydrogen) atoms. The van der Waals surface area contributed by atoms with E-state index in [1.165, 1.54) is 0 Å². The van der Waals surface area contributed by atoms with Gasteiger partial charge >= 0.3 is 5.97 Å². The van der Waals surface area contributed by atoms with Gasteiger partial charge in [0.15, 0.2) is 0 Å². The van der Waals surface area contributed by atoms with Gasteiger partial charge in [0.05, 0.1) is 6.61 Å². The molecule has 0 atom stereocenters. The first-order valence-electron chi connectivity index (χ1n) is 3.85. The first-order valence-corrected chi connectivity index (χ1v) is 3.85. The molecule has 0 aliphatic rings. The molecule has 5 nitrogen and oxygen atoms in total. The molecule has 0 fully saturated rings. The van der Waals surface area contributed by atoms with Gasteiger partial charge in [-0.2, -0.15) is 0 Å². The largest absolute Gasteiger partial charge is 0.480 e. The van der Waals surface area contributed by atoms with Crippen LogP contribution in [0.5, 0.6) is 0 Å². The van der Waals surface area contributed by atoms with Crippen LogP contribution in [0.4, 0.5) is 0 Å². The van der Waals surface area contributed by atoms with Crippen LogP contribution in [0.1, 0.15) is 0 Å². The van der Waals surface area contributed by atoms with E-state index in [2.05, 4.69) is 0 Å². The molecule has 3 N–H and O–H groups in total. The molecule has 0 radical (unpaired) electrons. The molecular formula is C7H16N2O3. The van der Waals surface area contributed by atoms with Crippen LogP contribution in [-0.2, 0) is 9.53 Å². The maximum atomic E-state index is 10.0. The van der Waals surface area contributed by atoms with E-state index in [4.69, 9.17) is 15.6 Å². The number of hydrogen-bond donors (Lipinski definition) is 2. The fraction of sp³-hybridized carbons (Fsp3) is 0.857. The average Bonchev–Trinajstić information content (AvgIpc) is 1.98. The second kappa shape index (κ2) is 7.02. The third kappa shape index (κ3) is 7.46. The topological polar surface area (TPSA) is 75.8 Å². The summed E-state index contributed by atoms with van der Waals surface area (Å²) >= 11 is 0. The molecule has 0 unspecified atom stereocenters. The second-order valence-corrected chi connectivity index (χ2v) is 2.54. The van der Waals surface area contributed by atoms with Crippen molar-refractivity contribution < 1.29 is 14.6 Å². The average molecular weight is 176 g/mol. The van der Waals surface area contributed by atoms with Crippen molar-refractivity contribution in [2.24, 2.45) is 5.73 Å². The fourth-order valence-corrected chi connectivity index (χ4v) is 0.712. The molecule has 0 saturated heterocycles. The van der Waals surface area contributed by atoms with E-state index in [9.17, 15) is 4.79 Å². The molecule has 0 heterocycles. The van der Waals surface area contributed by atoms with Crippen molar-refractivity contribution in [3.63, 3.8) is 0 Å². The maximum absolute atomic E-state index is 10.0. The van der Waals surface area contributed by atoms with Gasteiger partial charge in [0.2, 0.25) is 0 Å². The van der Waals surface area contributed by atoms with Crippen molar-refractivity contribution in [2.45, 2.75) is 0 Å². The Morgan fingerprint density at radius 2 is 2.25 bits per heavy atom. The molecule has 0 saturated carbocycles. The van der Waals surface area contributed by atoms with Gasteiger partial charge in [-0.3, -0.25) is 0 Å². The molecule has 0 amide bonds. The third-order valence-corrected chi connectivity index (χ3v) is 1.35. The number of aliphatic carboxylic acids is 1. The van der Waals surface area contributed by atoms with Gasteiger partial charge in [0.25, 0.3) is 0 Å².